The third-order valence-corrected chi connectivity index (χ3v) is 3.92. The van der Waals surface area contributed by atoms with Gasteiger partial charge in [-0.2, -0.15) is 8.78 Å². The first-order valence-electron chi connectivity index (χ1n) is 8.53. The molecule has 0 aliphatic carbocycles. The Hall–Kier alpha value is -3.29. The van der Waals surface area contributed by atoms with Gasteiger partial charge in [-0.3, -0.25) is 4.79 Å². The van der Waals surface area contributed by atoms with Crippen molar-refractivity contribution in [1.29, 1.82) is 0 Å². The van der Waals surface area contributed by atoms with E-state index in [0.29, 0.717) is 41.6 Å². The number of hydrogen-bond donors (Lipinski definition) is 1. The maximum absolute atomic E-state index is 12.4. The number of carbonyl (C=O) groups excluding carboxylic acids is 1. The van der Waals surface area contributed by atoms with Gasteiger partial charge in [-0.25, -0.2) is 0 Å². The van der Waals surface area contributed by atoms with E-state index in [2.05, 4.69) is 10.1 Å². The van der Waals surface area contributed by atoms with Gasteiger partial charge in [0.05, 0.1) is 7.11 Å². The maximum Gasteiger partial charge on any atom is 0.387 e. The second-order valence-electron chi connectivity index (χ2n) is 5.78. The number of halogens is 2. The normalized spacial score (nSPS) is 12.9. The average molecular weight is 391 g/mol. The number of rotatable bonds is 7. The largest absolute Gasteiger partial charge is 0.493 e. The van der Waals surface area contributed by atoms with E-state index in [1.165, 1.54) is 19.3 Å². The van der Waals surface area contributed by atoms with E-state index >= 15 is 0 Å². The molecule has 0 radical (unpaired) electrons. The van der Waals surface area contributed by atoms with Crippen molar-refractivity contribution in [2.45, 2.75) is 13.2 Å². The van der Waals surface area contributed by atoms with Crippen molar-refractivity contribution in [3.8, 4) is 23.0 Å². The predicted octanol–water partition coefficient (Wildman–Crippen LogP) is 3.40. The van der Waals surface area contributed by atoms with Gasteiger partial charge in [-0.1, -0.05) is 18.2 Å². The number of para-hydroxylation sites is 1. The lowest BCUT2D eigenvalue weighted by Gasteiger charge is -2.20. The molecule has 1 amide bonds. The van der Waals surface area contributed by atoms with Crippen LogP contribution in [0.5, 0.6) is 23.0 Å². The number of fused-ring (bicyclic) bond motifs is 1. The highest BCUT2D eigenvalue weighted by atomic mass is 19.3. The first kappa shape index (κ1) is 19.5. The molecule has 0 unspecified atom stereocenters. The van der Waals surface area contributed by atoms with E-state index < -0.39 is 6.61 Å². The molecule has 2 aromatic carbocycles. The van der Waals surface area contributed by atoms with Crippen LogP contribution in [0.15, 0.2) is 42.5 Å². The molecule has 1 aliphatic heterocycles. The Bertz CT molecular complexity index is 852. The number of amides is 1. The molecule has 0 aromatic heterocycles. The second-order valence-corrected chi connectivity index (χ2v) is 5.78. The summed E-state index contributed by atoms with van der Waals surface area (Å²) in [5.41, 5.74) is 1.14. The van der Waals surface area contributed by atoms with E-state index in [1.54, 1.807) is 36.4 Å². The van der Waals surface area contributed by atoms with Crippen LogP contribution >= 0.6 is 0 Å². The van der Waals surface area contributed by atoms with Crippen molar-refractivity contribution in [3.63, 3.8) is 0 Å². The molecule has 0 fully saturated rings. The van der Waals surface area contributed by atoms with Crippen molar-refractivity contribution in [2.24, 2.45) is 0 Å². The lowest BCUT2D eigenvalue weighted by Crippen LogP contribution is -2.21. The highest BCUT2D eigenvalue weighted by molar-refractivity contribution is 5.91. The Morgan fingerprint density at radius 3 is 2.79 bits per heavy atom. The van der Waals surface area contributed by atoms with Crippen LogP contribution in [0.2, 0.25) is 0 Å². The van der Waals surface area contributed by atoms with E-state index in [9.17, 15) is 13.6 Å². The van der Waals surface area contributed by atoms with Gasteiger partial charge < -0.3 is 24.3 Å². The van der Waals surface area contributed by atoms with Gasteiger partial charge in [0.2, 0.25) is 11.7 Å². The summed E-state index contributed by atoms with van der Waals surface area (Å²) in [6.07, 6.45) is 2.93. The summed E-state index contributed by atoms with van der Waals surface area (Å²) >= 11 is 0. The highest BCUT2D eigenvalue weighted by Crippen LogP contribution is 2.40. The maximum atomic E-state index is 12.4. The third kappa shape index (κ3) is 4.91. The highest BCUT2D eigenvalue weighted by Gasteiger charge is 2.17. The number of methoxy groups -OCH3 is 1. The third-order valence-electron chi connectivity index (χ3n) is 3.92. The van der Waals surface area contributed by atoms with Crippen molar-refractivity contribution in [1.82, 2.24) is 5.32 Å². The SMILES string of the molecule is COc1cc(/C=C/C(=O)NCc2ccccc2OC(F)F)cc2c1OCCO2. The van der Waals surface area contributed by atoms with Crippen LogP contribution in [-0.4, -0.2) is 32.8 Å². The van der Waals surface area contributed by atoms with Crippen molar-refractivity contribution in [2.75, 3.05) is 20.3 Å². The zero-order valence-electron chi connectivity index (χ0n) is 15.1. The number of ether oxygens (including phenoxy) is 4. The van der Waals surface area contributed by atoms with Crippen LogP contribution in [0.3, 0.4) is 0 Å². The predicted molar refractivity (Wildman–Crippen MR) is 97.9 cm³/mol. The van der Waals surface area contributed by atoms with Gasteiger partial charge in [-0.15, -0.1) is 0 Å². The molecule has 28 heavy (non-hydrogen) atoms. The average Bonchev–Trinajstić information content (AvgIpc) is 2.70. The van der Waals surface area contributed by atoms with Gasteiger partial charge in [-0.05, 0) is 29.8 Å². The summed E-state index contributed by atoms with van der Waals surface area (Å²) in [6.45, 7) is -2.00. The summed E-state index contributed by atoms with van der Waals surface area (Å²) < 4.78 is 45.7. The summed E-state index contributed by atoms with van der Waals surface area (Å²) in [5.74, 6) is 1.23. The molecular weight excluding hydrogens is 372 g/mol. The number of carbonyl (C=O) groups is 1. The van der Waals surface area contributed by atoms with Crippen LogP contribution in [0.1, 0.15) is 11.1 Å². The summed E-state index contributed by atoms with van der Waals surface area (Å²) in [6, 6.07) is 9.75. The first-order valence-corrected chi connectivity index (χ1v) is 8.53. The summed E-state index contributed by atoms with van der Waals surface area (Å²) in [4.78, 5) is 12.1. The fourth-order valence-electron chi connectivity index (χ4n) is 2.66. The molecule has 0 saturated heterocycles. The summed E-state index contributed by atoms with van der Waals surface area (Å²) in [5, 5.41) is 2.64. The van der Waals surface area contributed by atoms with Crippen LogP contribution in [0, 0.1) is 0 Å². The van der Waals surface area contributed by atoms with Gasteiger partial charge in [0.1, 0.15) is 19.0 Å². The molecule has 0 saturated carbocycles. The lowest BCUT2D eigenvalue weighted by molar-refractivity contribution is -0.116. The molecule has 2 aromatic rings. The molecule has 148 valence electrons. The first-order chi connectivity index (χ1) is 13.6. The molecule has 0 spiro atoms. The van der Waals surface area contributed by atoms with Gasteiger partial charge in [0.25, 0.3) is 0 Å². The number of nitrogens with one attached hydrogen (secondary N) is 1. The van der Waals surface area contributed by atoms with Crippen molar-refractivity contribution < 1.29 is 32.5 Å². The zero-order valence-corrected chi connectivity index (χ0v) is 15.1. The van der Waals surface area contributed by atoms with Gasteiger partial charge in [0.15, 0.2) is 11.5 Å². The standard InChI is InChI=1S/C20H19F2NO5/c1-25-16-10-13(11-17-19(16)27-9-8-26-17)6-7-18(24)23-12-14-4-2-3-5-15(14)28-20(21)22/h2-7,10-11,20H,8-9,12H2,1H3,(H,23,24)/b7-6+. The minimum absolute atomic E-state index is 0.0263. The molecular formula is C20H19F2NO5. The van der Waals surface area contributed by atoms with Crippen LogP contribution in [-0.2, 0) is 11.3 Å². The Morgan fingerprint density at radius 2 is 2.00 bits per heavy atom. The molecule has 0 atom stereocenters. The smallest absolute Gasteiger partial charge is 0.387 e. The van der Waals surface area contributed by atoms with Crippen LogP contribution < -0.4 is 24.3 Å². The number of benzene rings is 2. The minimum atomic E-state index is -2.93. The summed E-state index contributed by atoms with van der Waals surface area (Å²) in [7, 11) is 1.52. The molecule has 3 rings (SSSR count). The number of alkyl halides is 2. The van der Waals surface area contributed by atoms with Crippen molar-refractivity contribution >= 4 is 12.0 Å². The van der Waals surface area contributed by atoms with E-state index in [-0.39, 0.29) is 18.2 Å². The Morgan fingerprint density at radius 1 is 1.21 bits per heavy atom. The number of hydrogen-bond acceptors (Lipinski definition) is 5. The van der Waals surface area contributed by atoms with Gasteiger partial charge in [0, 0.05) is 18.2 Å². The Labute approximate surface area is 160 Å². The van der Waals surface area contributed by atoms with E-state index in [0.717, 1.165) is 0 Å². The van der Waals surface area contributed by atoms with E-state index in [4.69, 9.17) is 14.2 Å². The lowest BCUT2D eigenvalue weighted by atomic mass is 10.1. The van der Waals surface area contributed by atoms with E-state index in [1.807, 2.05) is 0 Å². The van der Waals surface area contributed by atoms with Crippen LogP contribution in [0.4, 0.5) is 8.78 Å². The second kappa shape index (κ2) is 9.07. The van der Waals surface area contributed by atoms with Crippen molar-refractivity contribution in [3.05, 3.63) is 53.6 Å². The fourth-order valence-corrected chi connectivity index (χ4v) is 2.66. The Kier molecular flexibility index (Phi) is 6.31. The molecule has 8 heteroatoms. The Balaban J connectivity index is 1.65. The van der Waals surface area contributed by atoms with Gasteiger partial charge >= 0.3 is 6.61 Å². The topological polar surface area (TPSA) is 66.0 Å². The molecule has 1 N–H and O–H groups in total. The minimum Gasteiger partial charge on any atom is -0.493 e. The zero-order chi connectivity index (χ0) is 19.9. The monoisotopic (exact) mass is 391 g/mol. The quantitative estimate of drug-likeness (QED) is 0.733. The molecule has 6 nitrogen and oxygen atoms in total. The molecule has 1 aliphatic rings. The molecule has 1 heterocycles. The van der Waals surface area contributed by atoms with Crippen LogP contribution in [0.25, 0.3) is 6.08 Å². The molecule has 0 bridgehead atoms. The fraction of sp³-hybridized carbons (Fsp3) is 0.250.